The number of rotatable bonds is 4. The molecule has 4 nitrogen and oxygen atoms in total. The molecule has 0 radical (unpaired) electrons. The SMILES string of the molecule is COc1ccc(Cl)cc1OC(C)C(=O)O. The number of hydrogen-bond donors (Lipinski definition) is 1. The number of carboxylic acids is 1. The maximum absolute atomic E-state index is 10.6. The first-order valence-corrected chi connectivity index (χ1v) is 4.65. The van der Waals surface area contributed by atoms with Crippen LogP contribution in [0, 0.1) is 0 Å². The molecule has 0 aliphatic rings. The van der Waals surface area contributed by atoms with Crippen molar-refractivity contribution < 1.29 is 19.4 Å². The van der Waals surface area contributed by atoms with E-state index in [1.807, 2.05) is 0 Å². The van der Waals surface area contributed by atoms with Gasteiger partial charge in [-0.05, 0) is 19.1 Å². The fraction of sp³-hybridized carbons (Fsp3) is 0.300. The molecule has 1 N–H and O–H groups in total. The van der Waals surface area contributed by atoms with Crippen molar-refractivity contribution in [3.8, 4) is 11.5 Å². The van der Waals surface area contributed by atoms with Gasteiger partial charge in [0, 0.05) is 11.1 Å². The lowest BCUT2D eigenvalue weighted by atomic mass is 10.3. The van der Waals surface area contributed by atoms with E-state index >= 15 is 0 Å². The summed E-state index contributed by atoms with van der Waals surface area (Å²) in [6, 6.07) is 4.77. The summed E-state index contributed by atoms with van der Waals surface area (Å²) in [7, 11) is 1.47. The largest absolute Gasteiger partial charge is 0.493 e. The fourth-order valence-corrected chi connectivity index (χ4v) is 1.15. The van der Waals surface area contributed by atoms with Gasteiger partial charge in [-0.3, -0.25) is 0 Å². The van der Waals surface area contributed by atoms with Crippen molar-refractivity contribution in [3.05, 3.63) is 23.2 Å². The molecule has 0 aliphatic heterocycles. The van der Waals surface area contributed by atoms with Crippen LogP contribution in [-0.2, 0) is 4.79 Å². The van der Waals surface area contributed by atoms with E-state index in [9.17, 15) is 4.79 Å². The smallest absolute Gasteiger partial charge is 0.344 e. The summed E-state index contributed by atoms with van der Waals surface area (Å²) in [5, 5.41) is 9.14. The second kappa shape index (κ2) is 4.89. The number of benzene rings is 1. The van der Waals surface area contributed by atoms with Crippen LogP contribution in [-0.4, -0.2) is 24.3 Å². The van der Waals surface area contributed by atoms with Crippen LogP contribution in [0.4, 0.5) is 0 Å². The average molecular weight is 231 g/mol. The Morgan fingerprint density at radius 3 is 2.67 bits per heavy atom. The van der Waals surface area contributed by atoms with E-state index in [4.69, 9.17) is 26.2 Å². The van der Waals surface area contributed by atoms with Crippen molar-refractivity contribution in [2.75, 3.05) is 7.11 Å². The Hall–Kier alpha value is -1.42. The van der Waals surface area contributed by atoms with Gasteiger partial charge in [0.2, 0.25) is 0 Å². The molecule has 5 heteroatoms. The zero-order valence-electron chi connectivity index (χ0n) is 8.36. The predicted octanol–water partition coefficient (Wildman–Crippen LogP) is 2.20. The molecule has 1 unspecified atom stereocenters. The first-order chi connectivity index (χ1) is 7.04. The Bertz CT molecular complexity index is 364. The Morgan fingerprint density at radius 1 is 1.47 bits per heavy atom. The molecule has 1 aromatic carbocycles. The maximum Gasteiger partial charge on any atom is 0.344 e. The monoisotopic (exact) mass is 230 g/mol. The third-order valence-corrected chi connectivity index (χ3v) is 2.01. The van der Waals surface area contributed by atoms with Gasteiger partial charge in [-0.2, -0.15) is 0 Å². The molecule has 0 saturated heterocycles. The van der Waals surface area contributed by atoms with Gasteiger partial charge in [0.05, 0.1) is 7.11 Å². The number of aliphatic carboxylic acids is 1. The van der Waals surface area contributed by atoms with Gasteiger partial charge >= 0.3 is 5.97 Å². The summed E-state index contributed by atoms with van der Waals surface area (Å²) in [5.41, 5.74) is 0. The highest BCUT2D eigenvalue weighted by molar-refractivity contribution is 6.30. The Kier molecular flexibility index (Phi) is 3.80. The van der Waals surface area contributed by atoms with Gasteiger partial charge in [0.1, 0.15) is 0 Å². The third-order valence-electron chi connectivity index (χ3n) is 1.78. The molecule has 0 bridgehead atoms. The van der Waals surface area contributed by atoms with E-state index < -0.39 is 12.1 Å². The quantitative estimate of drug-likeness (QED) is 0.862. The topological polar surface area (TPSA) is 55.8 Å². The normalized spacial score (nSPS) is 11.9. The molecule has 0 aliphatic carbocycles. The van der Waals surface area contributed by atoms with Crippen LogP contribution < -0.4 is 9.47 Å². The highest BCUT2D eigenvalue weighted by Gasteiger charge is 2.15. The summed E-state index contributed by atoms with van der Waals surface area (Å²) in [6.07, 6.45) is -0.947. The molecular formula is C10H11ClO4. The van der Waals surface area contributed by atoms with E-state index in [0.717, 1.165) is 0 Å². The number of carbonyl (C=O) groups is 1. The second-order valence-corrected chi connectivity index (χ2v) is 3.33. The lowest BCUT2D eigenvalue weighted by Gasteiger charge is -2.13. The van der Waals surface area contributed by atoms with E-state index in [1.165, 1.54) is 20.1 Å². The predicted molar refractivity (Wildman–Crippen MR) is 55.7 cm³/mol. The minimum absolute atomic E-state index is 0.319. The van der Waals surface area contributed by atoms with Crippen LogP contribution in [0.3, 0.4) is 0 Å². The molecule has 0 spiro atoms. The van der Waals surface area contributed by atoms with Crippen molar-refractivity contribution in [2.45, 2.75) is 13.0 Å². The molecule has 1 atom stereocenters. The van der Waals surface area contributed by atoms with Crippen LogP contribution in [0.2, 0.25) is 5.02 Å². The zero-order valence-corrected chi connectivity index (χ0v) is 9.12. The Morgan fingerprint density at radius 2 is 2.13 bits per heavy atom. The molecule has 0 amide bonds. The van der Waals surface area contributed by atoms with E-state index in [0.29, 0.717) is 16.5 Å². The second-order valence-electron chi connectivity index (χ2n) is 2.89. The van der Waals surface area contributed by atoms with Crippen molar-refractivity contribution in [3.63, 3.8) is 0 Å². The van der Waals surface area contributed by atoms with Crippen LogP contribution in [0.1, 0.15) is 6.92 Å². The third kappa shape index (κ3) is 3.02. The van der Waals surface area contributed by atoms with E-state index in [2.05, 4.69) is 0 Å². The number of carboxylic acid groups (broad SMARTS) is 1. The van der Waals surface area contributed by atoms with Gasteiger partial charge in [-0.15, -0.1) is 0 Å². The van der Waals surface area contributed by atoms with Gasteiger partial charge in [-0.25, -0.2) is 4.79 Å². The van der Waals surface area contributed by atoms with Gasteiger partial charge in [0.25, 0.3) is 0 Å². The van der Waals surface area contributed by atoms with Crippen LogP contribution in [0.15, 0.2) is 18.2 Å². The molecule has 0 saturated carbocycles. The molecule has 1 aromatic rings. The summed E-state index contributed by atoms with van der Waals surface area (Å²) >= 11 is 5.75. The summed E-state index contributed by atoms with van der Waals surface area (Å²) < 4.78 is 10.2. The van der Waals surface area contributed by atoms with Crippen molar-refractivity contribution in [1.29, 1.82) is 0 Å². The maximum atomic E-state index is 10.6. The molecule has 0 fully saturated rings. The van der Waals surface area contributed by atoms with E-state index in [1.54, 1.807) is 12.1 Å². The van der Waals surface area contributed by atoms with Crippen molar-refractivity contribution in [1.82, 2.24) is 0 Å². The van der Waals surface area contributed by atoms with Crippen LogP contribution >= 0.6 is 11.6 Å². The van der Waals surface area contributed by atoms with Crippen LogP contribution in [0.25, 0.3) is 0 Å². The first kappa shape index (κ1) is 11.7. The Balaban J connectivity index is 2.91. The van der Waals surface area contributed by atoms with Crippen molar-refractivity contribution >= 4 is 17.6 Å². The molecule has 15 heavy (non-hydrogen) atoms. The minimum Gasteiger partial charge on any atom is -0.493 e. The van der Waals surface area contributed by atoms with Crippen molar-refractivity contribution in [2.24, 2.45) is 0 Å². The lowest BCUT2D eigenvalue weighted by molar-refractivity contribution is -0.144. The molecule has 0 aromatic heterocycles. The zero-order chi connectivity index (χ0) is 11.4. The Labute approximate surface area is 92.4 Å². The highest BCUT2D eigenvalue weighted by Crippen LogP contribution is 2.30. The first-order valence-electron chi connectivity index (χ1n) is 4.27. The van der Waals surface area contributed by atoms with E-state index in [-0.39, 0.29) is 0 Å². The summed E-state index contributed by atoms with van der Waals surface area (Å²) in [4.78, 5) is 10.6. The number of ether oxygens (including phenoxy) is 2. The number of methoxy groups -OCH3 is 1. The average Bonchev–Trinajstić information content (AvgIpc) is 2.18. The minimum atomic E-state index is -1.04. The van der Waals surface area contributed by atoms with Gasteiger partial charge in [0.15, 0.2) is 17.6 Å². The number of halogens is 1. The standard InChI is InChI=1S/C10H11ClO4/c1-6(10(12)13)15-9-5-7(11)3-4-8(9)14-2/h3-6H,1-2H3,(H,12,13). The summed E-state index contributed by atoms with van der Waals surface area (Å²) in [6.45, 7) is 1.43. The van der Waals surface area contributed by atoms with Gasteiger partial charge < -0.3 is 14.6 Å². The fourth-order valence-electron chi connectivity index (χ4n) is 0.983. The lowest BCUT2D eigenvalue weighted by Crippen LogP contribution is -2.23. The summed E-state index contributed by atoms with van der Waals surface area (Å²) in [5.74, 6) is -0.274. The number of hydrogen-bond acceptors (Lipinski definition) is 3. The van der Waals surface area contributed by atoms with Gasteiger partial charge in [-0.1, -0.05) is 11.6 Å². The molecule has 82 valence electrons. The molecule has 0 heterocycles. The highest BCUT2D eigenvalue weighted by atomic mass is 35.5. The van der Waals surface area contributed by atoms with Crippen LogP contribution in [0.5, 0.6) is 11.5 Å². The molecule has 1 rings (SSSR count). The molecular weight excluding hydrogens is 220 g/mol.